The van der Waals surface area contributed by atoms with Crippen LogP contribution in [0.1, 0.15) is 19.4 Å². The summed E-state index contributed by atoms with van der Waals surface area (Å²) in [6, 6.07) is 3.80. The van der Waals surface area contributed by atoms with Gasteiger partial charge in [0.2, 0.25) is 0 Å². The minimum absolute atomic E-state index is 0.298. The fraction of sp³-hybridized carbons (Fsp3) is 0.231. The molecule has 0 amide bonds. The van der Waals surface area contributed by atoms with Gasteiger partial charge >= 0.3 is 5.97 Å². The van der Waals surface area contributed by atoms with Crippen molar-refractivity contribution >= 4 is 39.9 Å². The molecular weight excluding hydrogens is 289 g/mol. The van der Waals surface area contributed by atoms with E-state index in [1.807, 2.05) is 0 Å². The van der Waals surface area contributed by atoms with Crippen molar-refractivity contribution in [1.82, 2.24) is 4.57 Å². The van der Waals surface area contributed by atoms with Gasteiger partial charge in [0.1, 0.15) is 6.04 Å². The van der Waals surface area contributed by atoms with Crippen molar-refractivity contribution in [3.63, 3.8) is 0 Å². The molecule has 0 fully saturated rings. The Kier molecular flexibility index (Phi) is 3.83. The molecule has 100 valence electrons. The number of hydrogen-bond donors (Lipinski definition) is 1. The Bertz CT molecular complexity index is 709. The second kappa shape index (κ2) is 5.23. The molecule has 1 aromatic heterocycles. The largest absolute Gasteiger partial charge is 0.480 e. The molecule has 0 aliphatic heterocycles. The lowest BCUT2D eigenvalue weighted by molar-refractivity contribution is -0.141. The molecule has 1 N–H and O–H groups in total. The summed E-state index contributed by atoms with van der Waals surface area (Å²) in [5.41, 5.74) is -0.384. The van der Waals surface area contributed by atoms with Gasteiger partial charge in [0.25, 0.3) is 5.56 Å². The van der Waals surface area contributed by atoms with Crippen molar-refractivity contribution in [1.29, 1.82) is 0 Å². The fourth-order valence-corrected chi connectivity index (χ4v) is 2.41. The molecule has 4 nitrogen and oxygen atoms in total. The number of rotatable bonds is 3. The van der Waals surface area contributed by atoms with E-state index in [9.17, 15) is 9.59 Å². The van der Waals surface area contributed by atoms with Crippen LogP contribution in [0.25, 0.3) is 10.8 Å². The number of aliphatic carboxylic acids is 1. The van der Waals surface area contributed by atoms with Crippen molar-refractivity contribution in [2.24, 2.45) is 0 Å². The molecule has 2 rings (SSSR count). The van der Waals surface area contributed by atoms with E-state index in [2.05, 4.69) is 0 Å². The number of hydrogen-bond acceptors (Lipinski definition) is 2. The Labute approximate surface area is 119 Å². The monoisotopic (exact) mass is 299 g/mol. The maximum absolute atomic E-state index is 12.3. The predicted molar refractivity (Wildman–Crippen MR) is 75.2 cm³/mol. The highest BCUT2D eigenvalue weighted by atomic mass is 35.5. The average molecular weight is 300 g/mol. The van der Waals surface area contributed by atoms with Gasteiger partial charge in [-0.1, -0.05) is 30.1 Å². The number of benzene rings is 1. The first-order chi connectivity index (χ1) is 8.97. The molecule has 19 heavy (non-hydrogen) atoms. The van der Waals surface area contributed by atoms with E-state index in [1.54, 1.807) is 19.1 Å². The molecule has 0 bridgehead atoms. The molecule has 1 aromatic carbocycles. The second-order valence-corrected chi connectivity index (χ2v) is 4.90. The van der Waals surface area contributed by atoms with E-state index in [-0.39, 0.29) is 5.56 Å². The first-order valence-corrected chi connectivity index (χ1v) is 6.44. The molecule has 0 spiro atoms. The molecule has 1 atom stereocenters. The van der Waals surface area contributed by atoms with Gasteiger partial charge in [-0.2, -0.15) is 0 Å². The second-order valence-electron chi connectivity index (χ2n) is 4.11. The standard InChI is InChI=1S/C13H11Cl2NO3/c1-2-10(13(18)19)16-6-5-7-8(12(16)17)3-4-9(14)11(7)15/h3-6,10H,2H2,1H3,(H,18,19). The first kappa shape index (κ1) is 13.9. The van der Waals surface area contributed by atoms with E-state index in [4.69, 9.17) is 28.3 Å². The molecule has 2 aromatic rings. The lowest BCUT2D eigenvalue weighted by atomic mass is 10.1. The number of nitrogens with zero attached hydrogens (tertiary/aromatic N) is 1. The lowest BCUT2D eigenvalue weighted by Crippen LogP contribution is -2.29. The number of carboxylic acids is 1. The summed E-state index contributed by atoms with van der Waals surface area (Å²) in [5.74, 6) is -1.04. The number of pyridine rings is 1. The normalized spacial score (nSPS) is 12.6. The van der Waals surface area contributed by atoms with Crippen LogP contribution < -0.4 is 5.56 Å². The fourth-order valence-electron chi connectivity index (χ4n) is 2.01. The van der Waals surface area contributed by atoms with E-state index in [0.29, 0.717) is 27.2 Å². The number of fused-ring (bicyclic) bond motifs is 1. The third kappa shape index (κ3) is 2.33. The smallest absolute Gasteiger partial charge is 0.326 e. The molecule has 0 aliphatic carbocycles. The zero-order chi connectivity index (χ0) is 14.2. The maximum Gasteiger partial charge on any atom is 0.326 e. The average Bonchev–Trinajstić information content (AvgIpc) is 2.37. The van der Waals surface area contributed by atoms with Crippen molar-refractivity contribution in [3.8, 4) is 0 Å². The van der Waals surface area contributed by atoms with E-state index < -0.39 is 12.0 Å². The molecule has 1 unspecified atom stereocenters. The van der Waals surface area contributed by atoms with Gasteiger partial charge in [-0.25, -0.2) is 4.79 Å². The number of carboxylic acid groups (broad SMARTS) is 1. The molecule has 0 radical (unpaired) electrons. The summed E-state index contributed by atoms with van der Waals surface area (Å²) in [6.07, 6.45) is 1.76. The highest BCUT2D eigenvalue weighted by Gasteiger charge is 2.19. The van der Waals surface area contributed by atoms with Crippen LogP contribution in [0.15, 0.2) is 29.2 Å². The van der Waals surface area contributed by atoms with Gasteiger partial charge in [0, 0.05) is 17.0 Å². The number of aromatic nitrogens is 1. The highest BCUT2D eigenvalue weighted by molar-refractivity contribution is 6.45. The van der Waals surface area contributed by atoms with Crippen LogP contribution in [-0.2, 0) is 4.79 Å². The van der Waals surface area contributed by atoms with Gasteiger partial charge in [0.05, 0.1) is 10.0 Å². The van der Waals surface area contributed by atoms with Crippen LogP contribution in [-0.4, -0.2) is 15.6 Å². The predicted octanol–water partition coefficient (Wildman–Crippen LogP) is 3.34. The summed E-state index contributed by atoms with van der Waals surface area (Å²) >= 11 is 11.9. The molecule has 0 saturated heterocycles. The zero-order valence-corrected chi connectivity index (χ0v) is 11.6. The van der Waals surface area contributed by atoms with Gasteiger partial charge < -0.3 is 9.67 Å². The molecule has 6 heteroatoms. The van der Waals surface area contributed by atoms with Crippen LogP contribution in [0.5, 0.6) is 0 Å². The summed E-state index contributed by atoms with van der Waals surface area (Å²) in [4.78, 5) is 23.4. The van der Waals surface area contributed by atoms with Crippen LogP contribution in [0.4, 0.5) is 0 Å². The Morgan fingerprint density at radius 2 is 2.00 bits per heavy atom. The summed E-state index contributed by atoms with van der Waals surface area (Å²) in [7, 11) is 0. The Hall–Kier alpha value is -1.52. The SMILES string of the molecule is CCC(C(=O)O)n1ccc2c(Cl)c(Cl)ccc2c1=O. The van der Waals surface area contributed by atoms with E-state index in [1.165, 1.54) is 16.8 Å². The van der Waals surface area contributed by atoms with Crippen molar-refractivity contribution < 1.29 is 9.90 Å². The van der Waals surface area contributed by atoms with Crippen molar-refractivity contribution in [2.75, 3.05) is 0 Å². The third-order valence-electron chi connectivity index (χ3n) is 3.01. The van der Waals surface area contributed by atoms with Gasteiger partial charge in [0.15, 0.2) is 0 Å². The third-order valence-corrected chi connectivity index (χ3v) is 3.83. The first-order valence-electron chi connectivity index (χ1n) is 5.69. The minimum Gasteiger partial charge on any atom is -0.480 e. The van der Waals surface area contributed by atoms with E-state index >= 15 is 0 Å². The molecule has 0 aliphatic rings. The Morgan fingerprint density at radius 3 is 2.58 bits per heavy atom. The van der Waals surface area contributed by atoms with Crippen LogP contribution in [0.3, 0.4) is 0 Å². The van der Waals surface area contributed by atoms with Crippen molar-refractivity contribution in [2.45, 2.75) is 19.4 Å². The van der Waals surface area contributed by atoms with Crippen LogP contribution >= 0.6 is 23.2 Å². The summed E-state index contributed by atoms with van der Waals surface area (Å²) in [6.45, 7) is 1.71. The Morgan fingerprint density at radius 1 is 1.32 bits per heavy atom. The Balaban J connectivity index is 2.75. The number of carbonyl (C=O) groups is 1. The molecule has 1 heterocycles. The van der Waals surface area contributed by atoms with Gasteiger partial charge in [-0.15, -0.1) is 0 Å². The summed E-state index contributed by atoms with van der Waals surface area (Å²) in [5, 5.41) is 10.7. The zero-order valence-electron chi connectivity index (χ0n) is 10.1. The maximum atomic E-state index is 12.3. The quantitative estimate of drug-likeness (QED) is 0.945. The highest BCUT2D eigenvalue weighted by Crippen LogP contribution is 2.29. The number of halogens is 2. The molecule has 0 saturated carbocycles. The van der Waals surface area contributed by atoms with Crippen molar-refractivity contribution in [3.05, 3.63) is 44.8 Å². The summed E-state index contributed by atoms with van der Waals surface area (Å²) < 4.78 is 1.20. The van der Waals surface area contributed by atoms with E-state index in [0.717, 1.165) is 0 Å². The topological polar surface area (TPSA) is 59.3 Å². The molecular formula is C13H11Cl2NO3. The minimum atomic E-state index is -1.04. The lowest BCUT2D eigenvalue weighted by Gasteiger charge is -2.14. The van der Waals surface area contributed by atoms with Gasteiger partial charge in [-0.3, -0.25) is 4.79 Å². The van der Waals surface area contributed by atoms with Crippen LogP contribution in [0, 0.1) is 0 Å². The van der Waals surface area contributed by atoms with Gasteiger partial charge in [-0.05, 0) is 24.6 Å². The van der Waals surface area contributed by atoms with Crippen LogP contribution in [0.2, 0.25) is 10.0 Å².